The molecule has 0 spiro atoms. The Morgan fingerprint density at radius 3 is 1.55 bits per heavy atom. The van der Waals surface area contributed by atoms with E-state index in [-0.39, 0.29) is 12.2 Å². The van der Waals surface area contributed by atoms with Crippen LogP contribution < -0.4 is 9.47 Å². The molecule has 0 radical (unpaired) electrons. The minimum Gasteiger partial charge on any atom is -0.497 e. The molecule has 0 bridgehead atoms. The summed E-state index contributed by atoms with van der Waals surface area (Å²) in [7, 11) is 3.36. The van der Waals surface area contributed by atoms with Crippen molar-refractivity contribution in [2.75, 3.05) is 25.7 Å². The molecule has 2 atom stereocenters. The summed E-state index contributed by atoms with van der Waals surface area (Å²) in [4.78, 5) is 0. The molecular weight excluding hydrogens is 296 g/mol. The lowest BCUT2D eigenvalue weighted by Gasteiger charge is -2.30. The van der Waals surface area contributed by atoms with Gasteiger partial charge in [-0.2, -0.15) is 11.8 Å². The summed E-state index contributed by atoms with van der Waals surface area (Å²) in [6.45, 7) is 0. The standard InChI is InChI=1S/C18H20O3S/c1-19-15-7-3-13(4-8-15)17-11-22-12-18(21-17)14-5-9-16(20-2)10-6-14/h3-10,17-18H,11-12H2,1-2H3/t17-,18+. The summed E-state index contributed by atoms with van der Waals surface area (Å²) in [5.74, 6) is 3.72. The quantitative estimate of drug-likeness (QED) is 0.843. The van der Waals surface area contributed by atoms with Crippen LogP contribution in [0.15, 0.2) is 48.5 Å². The van der Waals surface area contributed by atoms with Gasteiger partial charge in [0.1, 0.15) is 11.5 Å². The van der Waals surface area contributed by atoms with Crippen LogP contribution in [-0.4, -0.2) is 25.7 Å². The molecule has 0 aliphatic carbocycles. The Hall–Kier alpha value is -1.65. The number of ether oxygens (including phenoxy) is 3. The van der Waals surface area contributed by atoms with E-state index in [1.165, 1.54) is 11.1 Å². The van der Waals surface area contributed by atoms with Gasteiger partial charge >= 0.3 is 0 Å². The molecule has 1 aliphatic heterocycles. The second-order valence-corrected chi connectivity index (χ2v) is 6.27. The van der Waals surface area contributed by atoms with Crippen LogP contribution in [0.25, 0.3) is 0 Å². The third-order valence-electron chi connectivity index (χ3n) is 3.84. The minimum absolute atomic E-state index is 0.122. The maximum Gasteiger partial charge on any atom is 0.118 e. The first kappa shape index (κ1) is 15.3. The van der Waals surface area contributed by atoms with Crippen LogP contribution in [-0.2, 0) is 4.74 Å². The molecule has 1 fully saturated rings. The van der Waals surface area contributed by atoms with Crippen molar-refractivity contribution in [2.24, 2.45) is 0 Å². The molecule has 0 unspecified atom stereocenters. The Morgan fingerprint density at radius 2 is 1.18 bits per heavy atom. The molecule has 3 rings (SSSR count). The number of benzene rings is 2. The average molecular weight is 316 g/mol. The van der Waals surface area contributed by atoms with Gasteiger partial charge in [-0.25, -0.2) is 0 Å². The molecule has 4 heteroatoms. The van der Waals surface area contributed by atoms with E-state index in [0.717, 1.165) is 23.0 Å². The normalized spacial score (nSPS) is 21.4. The van der Waals surface area contributed by atoms with E-state index in [1.54, 1.807) is 14.2 Å². The van der Waals surface area contributed by atoms with Crippen LogP contribution in [0.4, 0.5) is 0 Å². The van der Waals surface area contributed by atoms with E-state index in [4.69, 9.17) is 14.2 Å². The highest BCUT2D eigenvalue weighted by Gasteiger charge is 2.25. The lowest BCUT2D eigenvalue weighted by molar-refractivity contribution is 0.00509. The van der Waals surface area contributed by atoms with Crippen molar-refractivity contribution in [1.82, 2.24) is 0 Å². The van der Waals surface area contributed by atoms with Gasteiger partial charge in [-0.05, 0) is 35.4 Å². The summed E-state index contributed by atoms with van der Waals surface area (Å²) in [5.41, 5.74) is 2.40. The maximum atomic E-state index is 6.30. The smallest absolute Gasteiger partial charge is 0.118 e. The largest absolute Gasteiger partial charge is 0.497 e. The van der Waals surface area contributed by atoms with Crippen LogP contribution in [0, 0.1) is 0 Å². The minimum atomic E-state index is 0.122. The van der Waals surface area contributed by atoms with E-state index >= 15 is 0 Å². The van der Waals surface area contributed by atoms with Gasteiger partial charge in [0.25, 0.3) is 0 Å². The molecule has 0 N–H and O–H groups in total. The Bertz CT molecular complexity index is 541. The molecule has 0 aromatic heterocycles. The highest BCUT2D eigenvalue weighted by atomic mass is 32.2. The Balaban J connectivity index is 1.72. The molecule has 1 heterocycles. The topological polar surface area (TPSA) is 27.7 Å². The number of rotatable bonds is 4. The SMILES string of the molecule is COc1ccc([C@@H]2CSC[C@H](c3ccc(OC)cc3)O2)cc1. The van der Waals surface area contributed by atoms with Crippen LogP contribution in [0.5, 0.6) is 11.5 Å². The Kier molecular flexibility index (Phi) is 4.90. The monoisotopic (exact) mass is 316 g/mol. The lowest BCUT2D eigenvalue weighted by atomic mass is 10.1. The van der Waals surface area contributed by atoms with Gasteiger partial charge in [-0.1, -0.05) is 24.3 Å². The van der Waals surface area contributed by atoms with Crippen molar-refractivity contribution < 1.29 is 14.2 Å². The van der Waals surface area contributed by atoms with Gasteiger partial charge < -0.3 is 14.2 Å². The molecule has 0 saturated carbocycles. The first-order chi connectivity index (χ1) is 10.8. The number of hydrogen-bond donors (Lipinski definition) is 0. The second kappa shape index (κ2) is 7.07. The van der Waals surface area contributed by atoms with E-state index in [1.807, 2.05) is 36.0 Å². The lowest BCUT2D eigenvalue weighted by Crippen LogP contribution is -2.20. The highest BCUT2D eigenvalue weighted by molar-refractivity contribution is 7.99. The molecule has 2 aromatic rings. The molecule has 22 heavy (non-hydrogen) atoms. The zero-order chi connectivity index (χ0) is 15.4. The van der Waals surface area contributed by atoms with Gasteiger partial charge in [0.2, 0.25) is 0 Å². The van der Waals surface area contributed by atoms with E-state index in [2.05, 4.69) is 24.3 Å². The summed E-state index contributed by atoms with van der Waals surface area (Å²) < 4.78 is 16.7. The third-order valence-corrected chi connectivity index (χ3v) is 4.92. The van der Waals surface area contributed by atoms with Crippen LogP contribution in [0.2, 0.25) is 0 Å². The molecule has 0 amide bonds. The van der Waals surface area contributed by atoms with Gasteiger partial charge in [-0.15, -0.1) is 0 Å². The summed E-state index contributed by atoms with van der Waals surface area (Å²) in [6, 6.07) is 16.3. The number of methoxy groups -OCH3 is 2. The van der Waals surface area contributed by atoms with Crippen molar-refractivity contribution >= 4 is 11.8 Å². The van der Waals surface area contributed by atoms with Crippen LogP contribution >= 0.6 is 11.8 Å². The van der Waals surface area contributed by atoms with E-state index < -0.39 is 0 Å². The zero-order valence-corrected chi connectivity index (χ0v) is 13.6. The zero-order valence-electron chi connectivity index (χ0n) is 12.8. The number of thioether (sulfide) groups is 1. The Morgan fingerprint density at radius 1 is 0.773 bits per heavy atom. The van der Waals surface area contributed by atoms with E-state index in [0.29, 0.717) is 0 Å². The second-order valence-electron chi connectivity index (χ2n) is 5.20. The summed E-state index contributed by atoms with van der Waals surface area (Å²) in [6.07, 6.45) is 0.244. The fraction of sp³-hybridized carbons (Fsp3) is 0.333. The van der Waals surface area contributed by atoms with Crippen molar-refractivity contribution in [3.8, 4) is 11.5 Å². The van der Waals surface area contributed by atoms with Crippen molar-refractivity contribution in [2.45, 2.75) is 12.2 Å². The first-order valence-electron chi connectivity index (χ1n) is 7.31. The van der Waals surface area contributed by atoms with Gasteiger partial charge in [0.15, 0.2) is 0 Å². The van der Waals surface area contributed by atoms with Crippen LogP contribution in [0.3, 0.4) is 0 Å². The van der Waals surface area contributed by atoms with Crippen molar-refractivity contribution in [3.63, 3.8) is 0 Å². The Labute approximate surface area is 135 Å². The predicted molar refractivity (Wildman–Crippen MR) is 89.9 cm³/mol. The predicted octanol–water partition coefficient (Wildman–Crippen LogP) is 4.25. The molecule has 1 saturated heterocycles. The van der Waals surface area contributed by atoms with Gasteiger partial charge in [-0.3, -0.25) is 0 Å². The third kappa shape index (κ3) is 3.39. The highest BCUT2D eigenvalue weighted by Crippen LogP contribution is 2.37. The summed E-state index contributed by atoms with van der Waals surface area (Å²) in [5, 5.41) is 0. The molecule has 3 nitrogen and oxygen atoms in total. The van der Waals surface area contributed by atoms with Crippen LogP contribution in [0.1, 0.15) is 23.3 Å². The fourth-order valence-electron chi connectivity index (χ4n) is 2.55. The molecule has 116 valence electrons. The van der Waals surface area contributed by atoms with E-state index in [9.17, 15) is 0 Å². The molecule has 1 aliphatic rings. The summed E-state index contributed by atoms with van der Waals surface area (Å²) >= 11 is 1.93. The fourth-order valence-corrected chi connectivity index (χ4v) is 3.65. The van der Waals surface area contributed by atoms with Gasteiger partial charge in [0.05, 0.1) is 26.4 Å². The average Bonchev–Trinajstić information content (AvgIpc) is 2.62. The van der Waals surface area contributed by atoms with Crippen molar-refractivity contribution in [3.05, 3.63) is 59.7 Å². The number of hydrogen-bond acceptors (Lipinski definition) is 4. The first-order valence-corrected chi connectivity index (χ1v) is 8.46. The molecule has 2 aromatic carbocycles. The van der Waals surface area contributed by atoms with Crippen molar-refractivity contribution in [1.29, 1.82) is 0 Å². The maximum absolute atomic E-state index is 6.30. The van der Waals surface area contributed by atoms with Gasteiger partial charge in [0, 0.05) is 11.5 Å². The molecular formula is C18H20O3S.